The maximum Gasteiger partial charge on any atom is 0.306 e. The van der Waals surface area contributed by atoms with Crippen LogP contribution in [0.2, 0.25) is 0 Å². The minimum atomic E-state index is -0.824. The number of fused-ring (bicyclic) bond motifs is 1. The molecular weight excluding hydrogens is 395 g/mol. The topological polar surface area (TPSA) is 64.4 Å². The van der Waals surface area contributed by atoms with Crippen LogP contribution in [0.15, 0.2) is 66.9 Å². The number of carboxylic acids is 1. The van der Waals surface area contributed by atoms with Crippen molar-refractivity contribution in [3.05, 3.63) is 83.8 Å². The summed E-state index contributed by atoms with van der Waals surface area (Å²) in [5.74, 6) is -0.917. The number of benzene rings is 3. The summed E-state index contributed by atoms with van der Waals surface area (Å²) in [6.07, 6.45) is 2.24. The molecule has 1 atom stereocenters. The predicted octanol–water partition coefficient (Wildman–Crippen LogP) is 5.22. The number of aromatic nitrogens is 2. The molecule has 0 radical (unpaired) electrons. The largest absolute Gasteiger partial charge is 0.488 e. The Kier molecular flexibility index (Phi) is 5.71. The van der Waals surface area contributed by atoms with Gasteiger partial charge in [-0.3, -0.25) is 9.48 Å². The predicted molar refractivity (Wildman–Crippen MR) is 117 cm³/mol. The van der Waals surface area contributed by atoms with Gasteiger partial charge in [0.15, 0.2) is 0 Å². The van der Waals surface area contributed by atoms with E-state index in [1.54, 1.807) is 19.1 Å². The number of rotatable bonds is 7. The Morgan fingerprint density at radius 3 is 2.58 bits per heavy atom. The zero-order chi connectivity index (χ0) is 22.0. The van der Waals surface area contributed by atoms with Crippen LogP contribution in [0, 0.1) is 11.7 Å². The van der Waals surface area contributed by atoms with Crippen LogP contribution in [0.3, 0.4) is 0 Å². The van der Waals surface area contributed by atoms with Gasteiger partial charge < -0.3 is 9.84 Å². The fraction of sp³-hybridized carbons (Fsp3) is 0.200. The van der Waals surface area contributed by atoms with E-state index in [1.165, 1.54) is 12.1 Å². The molecule has 0 bridgehead atoms. The molecule has 0 aliphatic heterocycles. The highest BCUT2D eigenvalue weighted by atomic mass is 19.1. The van der Waals surface area contributed by atoms with Crippen LogP contribution in [-0.2, 0) is 24.9 Å². The smallest absolute Gasteiger partial charge is 0.306 e. The molecule has 0 spiro atoms. The molecule has 1 heterocycles. The highest BCUT2D eigenvalue weighted by Gasteiger charge is 2.15. The van der Waals surface area contributed by atoms with Crippen LogP contribution in [0.4, 0.5) is 4.39 Å². The lowest BCUT2D eigenvalue weighted by Crippen LogP contribution is -2.12. The van der Waals surface area contributed by atoms with Crippen molar-refractivity contribution in [1.82, 2.24) is 9.78 Å². The molecule has 0 aliphatic carbocycles. The van der Waals surface area contributed by atoms with Crippen molar-refractivity contribution in [3.63, 3.8) is 0 Å². The van der Waals surface area contributed by atoms with Gasteiger partial charge in [0.25, 0.3) is 0 Å². The fourth-order valence-electron chi connectivity index (χ4n) is 3.57. The highest BCUT2D eigenvalue weighted by Crippen LogP contribution is 2.34. The lowest BCUT2D eigenvalue weighted by atomic mass is 9.96. The van der Waals surface area contributed by atoms with E-state index >= 15 is 0 Å². The minimum absolute atomic E-state index is 0.286. The average molecular weight is 418 g/mol. The van der Waals surface area contributed by atoms with Crippen molar-refractivity contribution < 1.29 is 19.0 Å². The Morgan fingerprint density at radius 2 is 1.84 bits per heavy atom. The quantitative estimate of drug-likeness (QED) is 0.447. The van der Waals surface area contributed by atoms with Crippen LogP contribution in [-0.4, -0.2) is 20.9 Å². The second-order valence-corrected chi connectivity index (χ2v) is 7.73. The van der Waals surface area contributed by atoms with Gasteiger partial charge in [-0.1, -0.05) is 31.2 Å². The molecule has 0 saturated carbocycles. The Bertz CT molecular complexity index is 1230. The first-order chi connectivity index (χ1) is 14.9. The van der Waals surface area contributed by atoms with E-state index in [9.17, 15) is 14.3 Å². The number of nitrogens with zero attached hydrogens (tertiary/aromatic N) is 2. The molecule has 0 saturated heterocycles. The summed E-state index contributed by atoms with van der Waals surface area (Å²) in [5, 5.41) is 14.6. The van der Waals surface area contributed by atoms with Gasteiger partial charge in [-0.25, -0.2) is 4.39 Å². The summed E-state index contributed by atoms with van der Waals surface area (Å²) in [7, 11) is 1.90. The minimum Gasteiger partial charge on any atom is -0.488 e. The SMILES string of the molecule is CC(Cc1ccc(OCc2ccc(F)cc2)c(-c2ccc3c(cnn3C)c2)c1)C(=O)O. The van der Waals surface area contributed by atoms with Crippen LogP contribution in [0.5, 0.6) is 5.75 Å². The summed E-state index contributed by atoms with van der Waals surface area (Å²) in [4.78, 5) is 11.3. The normalized spacial score (nSPS) is 12.1. The van der Waals surface area contributed by atoms with Gasteiger partial charge in [0.1, 0.15) is 18.2 Å². The van der Waals surface area contributed by atoms with Gasteiger partial charge in [0, 0.05) is 18.0 Å². The van der Waals surface area contributed by atoms with Crippen molar-refractivity contribution in [2.75, 3.05) is 0 Å². The van der Waals surface area contributed by atoms with E-state index in [0.29, 0.717) is 18.8 Å². The lowest BCUT2D eigenvalue weighted by molar-refractivity contribution is -0.141. The maximum atomic E-state index is 13.2. The number of carbonyl (C=O) groups is 1. The van der Waals surface area contributed by atoms with E-state index in [4.69, 9.17) is 4.74 Å². The molecule has 0 aliphatic rings. The molecule has 158 valence electrons. The van der Waals surface area contributed by atoms with Gasteiger partial charge in [-0.15, -0.1) is 0 Å². The summed E-state index contributed by atoms with van der Waals surface area (Å²) < 4.78 is 21.1. The van der Waals surface area contributed by atoms with Crippen molar-refractivity contribution in [1.29, 1.82) is 0 Å². The molecule has 4 rings (SSSR count). The van der Waals surface area contributed by atoms with E-state index < -0.39 is 11.9 Å². The number of ether oxygens (including phenoxy) is 1. The monoisotopic (exact) mass is 418 g/mol. The van der Waals surface area contributed by atoms with Crippen LogP contribution in [0.1, 0.15) is 18.1 Å². The lowest BCUT2D eigenvalue weighted by Gasteiger charge is -2.15. The number of aliphatic carboxylic acids is 1. The number of hydrogen-bond donors (Lipinski definition) is 1. The summed E-state index contributed by atoms with van der Waals surface area (Å²) in [5.41, 5.74) is 4.64. The van der Waals surface area contributed by atoms with Gasteiger partial charge in [-0.2, -0.15) is 5.10 Å². The Labute approximate surface area is 179 Å². The van der Waals surface area contributed by atoms with Crippen LogP contribution < -0.4 is 4.74 Å². The number of hydrogen-bond acceptors (Lipinski definition) is 3. The molecule has 1 N–H and O–H groups in total. The third-order valence-corrected chi connectivity index (χ3v) is 5.37. The number of carboxylic acid groups (broad SMARTS) is 1. The Morgan fingerprint density at radius 1 is 1.10 bits per heavy atom. The third kappa shape index (κ3) is 4.58. The first-order valence-electron chi connectivity index (χ1n) is 10.1. The summed E-state index contributed by atoms with van der Waals surface area (Å²) in [6, 6.07) is 18.0. The highest BCUT2D eigenvalue weighted by molar-refractivity contribution is 5.86. The van der Waals surface area contributed by atoms with Crippen molar-refractivity contribution in [3.8, 4) is 16.9 Å². The molecule has 0 amide bonds. The second kappa shape index (κ2) is 8.60. The van der Waals surface area contributed by atoms with Crippen molar-refractivity contribution in [2.24, 2.45) is 13.0 Å². The number of aryl methyl sites for hydroxylation is 1. The first kappa shape index (κ1) is 20.6. The fourth-order valence-corrected chi connectivity index (χ4v) is 3.57. The standard InChI is InChI=1S/C25H23FN2O3/c1-16(25(29)30)11-18-5-10-24(31-15-17-3-7-21(26)8-4-17)22(12-18)19-6-9-23-20(13-19)14-27-28(23)2/h3-10,12-14,16H,11,15H2,1-2H3,(H,29,30). The molecule has 1 unspecified atom stereocenters. The van der Waals surface area contributed by atoms with Crippen LogP contribution in [0.25, 0.3) is 22.0 Å². The van der Waals surface area contributed by atoms with E-state index in [1.807, 2.05) is 54.3 Å². The van der Waals surface area contributed by atoms with E-state index in [2.05, 4.69) is 5.10 Å². The third-order valence-electron chi connectivity index (χ3n) is 5.37. The van der Waals surface area contributed by atoms with Crippen LogP contribution >= 0.6 is 0 Å². The van der Waals surface area contributed by atoms with Gasteiger partial charge in [-0.05, 0) is 59.5 Å². The Balaban J connectivity index is 1.70. The summed E-state index contributed by atoms with van der Waals surface area (Å²) >= 11 is 0. The molecule has 6 heteroatoms. The van der Waals surface area contributed by atoms with Crippen molar-refractivity contribution >= 4 is 16.9 Å². The van der Waals surface area contributed by atoms with Gasteiger partial charge in [0.2, 0.25) is 0 Å². The van der Waals surface area contributed by atoms with Gasteiger partial charge >= 0.3 is 5.97 Å². The van der Waals surface area contributed by atoms with E-state index in [0.717, 1.165) is 33.2 Å². The van der Waals surface area contributed by atoms with E-state index in [-0.39, 0.29) is 5.82 Å². The summed E-state index contributed by atoms with van der Waals surface area (Å²) in [6.45, 7) is 2.00. The zero-order valence-electron chi connectivity index (χ0n) is 17.4. The number of halogens is 1. The molecule has 31 heavy (non-hydrogen) atoms. The zero-order valence-corrected chi connectivity index (χ0v) is 17.4. The van der Waals surface area contributed by atoms with Crippen molar-refractivity contribution in [2.45, 2.75) is 20.0 Å². The molecule has 4 aromatic rings. The molecule has 5 nitrogen and oxygen atoms in total. The van der Waals surface area contributed by atoms with Gasteiger partial charge in [0.05, 0.1) is 17.6 Å². The average Bonchev–Trinajstić information content (AvgIpc) is 3.14. The molecule has 1 aromatic heterocycles. The Hall–Kier alpha value is -3.67. The molecular formula is C25H23FN2O3. The molecule has 3 aromatic carbocycles. The second-order valence-electron chi connectivity index (χ2n) is 7.73. The maximum absolute atomic E-state index is 13.2. The first-order valence-corrected chi connectivity index (χ1v) is 10.1. The molecule has 0 fully saturated rings.